The summed E-state index contributed by atoms with van der Waals surface area (Å²) in [5.41, 5.74) is 2.85. The third-order valence-corrected chi connectivity index (χ3v) is 11.1. The maximum absolute atomic E-state index is 12.4. The van der Waals surface area contributed by atoms with Crippen molar-refractivity contribution in [3.8, 4) is 0 Å². The summed E-state index contributed by atoms with van der Waals surface area (Å²) in [6.07, 6.45) is 13.3. The summed E-state index contributed by atoms with van der Waals surface area (Å²) in [6.45, 7) is 12.7. The summed E-state index contributed by atoms with van der Waals surface area (Å²) in [7, 11) is 0. The molecular formula is C25H39NO. The first-order valence-corrected chi connectivity index (χ1v) is 11.7. The van der Waals surface area contributed by atoms with Crippen LogP contribution in [0.5, 0.6) is 0 Å². The zero-order chi connectivity index (χ0) is 19.2. The van der Waals surface area contributed by atoms with Crippen LogP contribution in [0, 0.1) is 39.4 Å². The first-order valence-electron chi connectivity index (χ1n) is 11.7. The summed E-state index contributed by atoms with van der Waals surface area (Å²) in [6, 6.07) is 0.738. The largest absolute Gasteiger partial charge is 0.314 e. The Kier molecular flexibility index (Phi) is 3.74. The van der Waals surface area contributed by atoms with Gasteiger partial charge in [-0.25, -0.2) is 0 Å². The molecular weight excluding hydrogens is 330 g/mol. The van der Waals surface area contributed by atoms with E-state index in [0.717, 1.165) is 36.8 Å². The van der Waals surface area contributed by atoms with Crippen LogP contribution in [0.2, 0.25) is 0 Å². The molecule has 4 saturated carbocycles. The van der Waals surface area contributed by atoms with Crippen LogP contribution in [0.15, 0.2) is 11.6 Å². The second kappa shape index (κ2) is 5.49. The maximum Gasteiger partial charge on any atom is 0.156 e. The van der Waals surface area contributed by atoms with Crippen LogP contribution >= 0.6 is 0 Å². The Balaban J connectivity index is 1.48. The second-order valence-corrected chi connectivity index (χ2v) is 11.4. The highest BCUT2D eigenvalue weighted by Gasteiger charge is 2.80. The number of fused-ring (bicyclic) bond motifs is 2. The van der Waals surface area contributed by atoms with Crippen molar-refractivity contribution in [2.75, 3.05) is 6.54 Å². The molecule has 4 fully saturated rings. The standard InChI is InChI=1S/C25H39NO/c1-6-26-20-10-12-24-15-25(24)14-13-22(4)19(17(3)27)9-11-23(22,5)21(25)8-7-18(24)16(20)2/h9,16,18,20-21,26H,6-8,10-15H2,1-5H3/t16-,18-,20-,21+,22+,23-,24+,25-/m0/s1. The van der Waals surface area contributed by atoms with Gasteiger partial charge in [0.2, 0.25) is 0 Å². The third kappa shape index (κ3) is 1.95. The Morgan fingerprint density at radius 3 is 2.63 bits per heavy atom. The third-order valence-electron chi connectivity index (χ3n) is 11.1. The van der Waals surface area contributed by atoms with E-state index in [4.69, 9.17) is 0 Å². The van der Waals surface area contributed by atoms with Gasteiger partial charge in [-0.2, -0.15) is 0 Å². The molecule has 0 unspecified atom stereocenters. The Morgan fingerprint density at radius 2 is 1.93 bits per heavy atom. The highest BCUT2D eigenvalue weighted by molar-refractivity contribution is 5.95. The number of hydrogen-bond donors (Lipinski definition) is 1. The number of ketones is 1. The highest BCUT2D eigenvalue weighted by atomic mass is 16.1. The van der Waals surface area contributed by atoms with Crippen molar-refractivity contribution in [3.05, 3.63) is 11.6 Å². The lowest BCUT2D eigenvalue weighted by Crippen LogP contribution is -2.56. The molecule has 1 N–H and O–H groups in total. The lowest BCUT2D eigenvalue weighted by Gasteiger charge is -2.61. The van der Waals surface area contributed by atoms with Crippen LogP contribution in [0.25, 0.3) is 0 Å². The Morgan fingerprint density at radius 1 is 1.15 bits per heavy atom. The molecule has 150 valence electrons. The van der Waals surface area contributed by atoms with Crippen LogP contribution < -0.4 is 5.32 Å². The zero-order valence-electron chi connectivity index (χ0n) is 18.2. The lowest BCUT2D eigenvalue weighted by atomic mass is 9.43. The zero-order valence-corrected chi connectivity index (χ0v) is 18.2. The number of Topliss-reactive ketones (excluding diaryl/α,β-unsaturated/α-hetero) is 1. The number of allylic oxidation sites excluding steroid dienone is 2. The van der Waals surface area contributed by atoms with Gasteiger partial charge in [0, 0.05) is 11.5 Å². The van der Waals surface area contributed by atoms with E-state index in [0.29, 0.717) is 22.0 Å². The molecule has 0 saturated heterocycles. The van der Waals surface area contributed by atoms with Crippen LogP contribution in [-0.4, -0.2) is 18.4 Å². The molecule has 0 aliphatic heterocycles. The summed E-state index contributed by atoms with van der Waals surface area (Å²) >= 11 is 0. The van der Waals surface area contributed by atoms with Gasteiger partial charge in [0.25, 0.3) is 0 Å². The van der Waals surface area contributed by atoms with Crippen molar-refractivity contribution in [2.24, 2.45) is 39.4 Å². The minimum Gasteiger partial charge on any atom is -0.314 e. The van der Waals surface area contributed by atoms with Gasteiger partial charge in [-0.15, -0.1) is 0 Å². The van der Waals surface area contributed by atoms with E-state index in [9.17, 15) is 4.79 Å². The molecule has 27 heavy (non-hydrogen) atoms. The molecule has 5 aliphatic carbocycles. The van der Waals surface area contributed by atoms with Crippen molar-refractivity contribution < 1.29 is 4.79 Å². The van der Waals surface area contributed by atoms with E-state index in [2.05, 4.69) is 39.1 Å². The molecule has 0 aromatic heterocycles. The van der Waals surface area contributed by atoms with Gasteiger partial charge in [0.05, 0.1) is 0 Å². The summed E-state index contributed by atoms with van der Waals surface area (Å²) in [5, 5.41) is 3.80. The quantitative estimate of drug-likeness (QED) is 0.709. The van der Waals surface area contributed by atoms with Crippen molar-refractivity contribution in [1.82, 2.24) is 5.32 Å². The van der Waals surface area contributed by atoms with Gasteiger partial charge in [-0.05, 0) is 104 Å². The van der Waals surface area contributed by atoms with Crippen LogP contribution in [-0.2, 0) is 4.79 Å². The minimum atomic E-state index is 0.123. The average molecular weight is 370 g/mol. The molecule has 0 bridgehead atoms. The molecule has 8 atom stereocenters. The summed E-state index contributed by atoms with van der Waals surface area (Å²) < 4.78 is 0. The molecule has 0 aromatic rings. The minimum absolute atomic E-state index is 0.123. The number of hydrogen-bond acceptors (Lipinski definition) is 2. The molecule has 2 heteroatoms. The van der Waals surface area contributed by atoms with Gasteiger partial charge in [-0.1, -0.05) is 33.8 Å². The molecule has 0 heterocycles. The molecule has 2 nitrogen and oxygen atoms in total. The van der Waals surface area contributed by atoms with Crippen molar-refractivity contribution in [1.29, 1.82) is 0 Å². The number of carbonyl (C=O) groups is 1. The SMILES string of the molecule is CCN[C@H]1CC[C@]23C[C@]24CC[C@]2(C)C(C(C)=O)=CC[C@@]2(C)[C@H]4CC[C@H]3[C@@H]1C. The number of nitrogens with one attached hydrogen (secondary N) is 1. The molecule has 2 spiro atoms. The van der Waals surface area contributed by atoms with E-state index >= 15 is 0 Å². The predicted molar refractivity (Wildman–Crippen MR) is 110 cm³/mol. The summed E-state index contributed by atoms with van der Waals surface area (Å²) in [5.74, 6) is 2.92. The molecule has 0 amide bonds. The topological polar surface area (TPSA) is 29.1 Å². The smallest absolute Gasteiger partial charge is 0.156 e. The Labute approximate surface area is 165 Å². The van der Waals surface area contributed by atoms with Gasteiger partial charge in [0.15, 0.2) is 5.78 Å². The molecule has 0 radical (unpaired) electrons. The average Bonchev–Trinajstić information content (AvgIpc) is 3.20. The fourth-order valence-corrected chi connectivity index (χ4v) is 9.65. The van der Waals surface area contributed by atoms with E-state index in [-0.39, 0.29) is 5.41 Å². The lowest BCUT2D eigenvalue weighted by molar-refractivity contribution is -0.125. The summed E-state index contributed by atoms with van der Waals surface area (Å²) in [4.78, 5) is 12.4. The second-order valence-electron chi connectivity index (χ2n) is 11.4. The Bertz CT molecular complexity index is 711. The monoisotopic (exact) mass is 369 g/mol. The molecule has 5 aliphatic rings. The fraction of sp³-hybridized carbons (Fsp3) is 0.880. The molecule has 5 rings (SSSR count). The Hall–Kier alpha value is -0.630. The van der Waals surface area contributed by atoms with Crippen molar-refractivity contribution >= 4 is 5.78 Å². The van der Waals surface area contributed by atoms with E-state index in [1.807, 2.05) is 0 Å². The number of rotatable bonds is 3. The predicted octanol–water partition coefficient (Wildman–Crippen LogP) is 5.52. The highest BCUT2D eigenvalue weighted by Crippen LogP contribution is 2.87. The fourth-order valence-electron chi connectivity index (χ4n) is 9.65. The first-order chi connectivity index (χ1) is 12.8. The van der Waals surface area contributed by atoms with Gasteiger partial charge >= 0.3 is 0 Å². The van der Waals surface area contributed by atoms with Gasteiger partial charge in [0.1, 0.15) is 0 Å². The van der Waals surface area contributed by atoms with Gasteiger partial charge < -0.3 is 5.32 Å². The number of carbonyl (C=O) groups excluding carboxylic acids is 1. The van der Waals surface area contributed by atoms with Crippen LogP contribution in [0.1, 0.15) is 86.0 Å². The van der Waals surface area contributed by atoms with Crippen LogP contribution in [0.4, 0.5) is 0 Å². The normalized spacial score (nSPS) is 55.7. The van der Waals surface area contributed by atoms with Gasteiger partial charge in [-0.3, -0.25) is 4.79 Å². The van der Waals surface area contributed by atoms with Crippen molar-refractivity contribution in [2.45, 2.75) is 92.0 Å². The van der Waals surface area contributed by atoms with E-state index in [1.54, 1.807) is 6.92 Å². The van der Waals surface area contributed by atoms with Crippen LogP contribution in [0.3, 0.4) is 0 Å². The van der Waals surface area contributed by atoms with E-state index < -0.39 is 0 Å². The first kappa shape index (κ1) is 18.4. The molecule has 0 aromatic carbocycles. The van der Waals surface area contributed by atoms with Crippen molar-refractivity contribution in [3.63, 3.8) is 0 Å². The maximum atomic E-state index is 12.4. The van der Waals surface area contributed by atoms with E-state index in [1.165, 1.54) is 50.5 Å².